The molecule has 0 radical (unpaired) electrons. The molecule has 1 heterocycles. The highest BCUT2D eigenvalue weighted by atomic mass is 79.9. The molecule has 0 bridgehead atoms. The van der Waals surface area contributed by atoms with Gasteiger partial charge in [0, 0.05) is 10.0 Å². The lowest BCUT2D eigenvalue weighted by molar-refractivity contribution is 0.474. The van der Waals surface area contributed by atoms with Gasteiger partial charge >= 0.3 is 0 Å². The van der Waals surface area contributed by atoms with Crippen molar-refractivity contribution >= 4 is 67.5 Å². The fourth-order valence-electron chi connectivity index (χ4n) is 1.20. The van der Waals surface area contributed by atoms with Crippen LogP contribution in [0.5, 0.6) is 5.75 Å². The van der Waals surface area contributed by atoms with E-state index in [1.807, 2.05) is 12.1 Å². The maximum atomic E-state index is 9.68. The molecule has 0 spiro atoms. The Balaban J connectivity index is 2.39. The molecule has 2 nitrogen and oxygen atoms in total. The SMILES string of the molecule is Oc1ccc(Br)cc1C=C1SC(=S)NC1=S. The number of phenolic OH excluding ortho intramolecular Hbond substituents is 1. The summed E-state index contributed by atoms with van der Waals surface area (Å²) in [4.78, 5) is 1.46. The first-order chi connectivity index (χ1) is 7.56. The lowest BCUT2D eigenvalue weighted by atomic mass is 10.2. The molecule has 1 aliphatic heterocycles. The van der Waals surface area contributed by atoms with Gasteiger partial charge in [-0.3, -0.25) is 0 Å². The van der Waals surface area contributed by atoms with E-state index in [0.717, 1.165) is 9.38 Å². The average molecular weight is 332 g/mol. The maximum Gasteiger partial charge on any atom is 0.143 e. The Kier molecular flexibility index (Phi) is 3.63. The molecule has 0 aromatic heterocycles. The van der Waals surface area contributed by atoms with Crippen LogP contribution in [-0.2, 0) is 0 Å². The van der Waals surface area contributed by atoms with Crippen LogP contribution in [-0.4, -0.2) is 14.4 Å². The van der Waals surface area contributed by atoms with Gasteiger partial charge < -0.3 is 10.4 Å². The van der Waals surface area contributed by atoms with E-state index in [2.05, 4.69) is 21.2 Å². The summed E-state index contributed by atoms with van der Waals surface area (Å²) < 4.78 is 1.55. The van der Waals surface area contributed by atoms with Gasteiger partial charge in [-0.1, -0.05) is 52.1 Å². The van der Waals surface area contributed by atoms with Crippen LogP contribution < -0.4 is 5.32 Å². The Morgan fingerprint density at radius 1 is 1.38 bits per heavy atom. The monoisotopic (exact) mass is 331 g/mol. The lowest BCUT2D eigenvalue weighted by Gasteiger charge is -2.01. The molecule has 1 fully saturated rings. The first-order valence-corrected chi connectivity index (χ1v) is 6.72. The molecule has 82 valence electrons. The van der Waals surface area contributed by atoms with Crippen molar-refractivity contribution < 1.29 is 5.11 Å². The number of rotatable bonds is 1. The summed E-state index contributed by atoms with van der Waals surface area (Å²) in [6, 6.07) is 5.23. The summed E-state index contributed by atoms with van der Waals surface area (Å²) in [6.45, 7) is 0. The van der Waals surface area contributed by atoms with E-state index in [4.69, 9.17) is 24.4 Å². The van der Waals surface area contributed by atoms with Crippen molar-refractivity contribution in [3.05, 3.63) is 33.1 Å². The van der Waals surface area contributed by atoms with Gasteiger partial charge in [-0.15, -0.1) is 0 Å². The van der Waals surface area contributed by atoms with E-state index in [1.165, 1.54) is 11.8 Å². The van der Waals surface area contributed by atoms with Crippen LogP contribution >= 0.6 is 52.1 Å². The summed E-state index contributed by atoms with van der Waals surface area (Å²) in [5.41, 5.74) is 0.714. The Morgan fingerprint density at radius 3 is 2.75 bits per heavy atom. The molecule has 1 saturated heterocycles. The molecule has 1 aromatic rings. The topological polar surface area (TPSA) is 32.3 Å². The Labute approximate surface area is 116 Å². The first kappa shape index (κ1) is 12.0. The Bertz CT molecular complexity index is 513. The van der Waals surface area contributed by atoms with Crippen molar-refractivity contribution in [2.24, 2.45) is 0 Å². The average Bonchev–Trinajstić information content (AvgIpc) is 2.51. The molecule has 2 rings (SSSR count). The van der Waals surface area contributed by atoms with Crippen LogP contribution in [0.25, 0.3) is 6.08 Å². The van der Waals surface area contributed by atoms with Gasteiger partial charge in [0.15, 0.2) is 0 Å². The van der Waals surface area contributed by atoms with Gasteiger partial charge in [0.05, 0.1) is 4.91 Å². The largest absolute Gasteiger partial charge is 0.507 e. The van der Waals surface area contributed by atoms with Crippen molar-refractivity contribution in [1.82, 2.24) is 5.32 Å². The number of halogens is 1. The number of hydrogen-bond acceptors (Lipinski definition) is 4. The van der Waals surface area contributed by atoms with Crippen molar-refractivity contribution in [2.75, 3.05) is 0 Å². The molecule has 0 saturated carbocycles. The van der Waals surface area contributed by atoms with E-state index in [1.54, 1.807) is 12.1 Å². The summed E-state index contributed by atoms with van der Waals surface area (Å²) in [5, 5.41) is 12.6. The minimum absolute atomic E-state index is 0.219. The van der Waals surface area contributed by atoms with Crippen LogP contribution in [0.2, 0.25) is 0 Å². The molecule has 0 unspecified atom stereocenters. The first-order valence-electron chi connectivity index (χ1n) is 4.29. The number of nitrogens with one attached hydrogen (secondary N) is 1. The zero-order valence-electron chi connectivity index (χ0n) is 7.86. The second-order valence-electron chi connectivity index (χ2n) is 3.06. The molecule has 6 heteroatoms. The predicted octanol–water partition coefficient (Wildman–Crippen LogP) is 3.44. The molecule has 16 heavy (non-hydrogen) atoms. The lowest BCUT2D eigenvalue weighted by Crippen LogP contribution is -2.15. The standard InChI is InChI=1S/C10H6BrNOS3/c11-6-1-2-7(13)5(3-6)4-8-9(14)12-10(15)16-8/h1-4,13H,(H,12,14,15). The predicted molar refractivity (Wildman–Crippen MR) is 79.7 cm³/mol. The molecular weight excluding hydrogens is 326 g/mol. The fraction of sp³-hybridized carbons (Fsp3) is 0. The second-order valence-corrected chi connectivity index (χ2v) is 6.10. The van der Waals surface area contributed by atoms with Gasteiger partial charge in [0.1, 0.15) is 15.1 Å². The van der Waals surface area contributed by atoms with Crippen LogP contribution in [0.1, 0.15) is 5.56 Å². The number of thioether (sulfide) groups is 1. The Morgan fingerprint density at radius 2 is 2.12 bits per heavy atom. The molecule has 0 amide bonds. The summed E-state index contributed by atoms with van der Waals surface area (Å²) in [5.74, 6) is 0.219. The zero-order valence-corrected chi connectivity index (χ0v) is 11.9. The number of benzene rings is 1. The molecule has 1 aromatic carbocycles. The van der Waals surface area contributed by atoms with Crippen LogP contribution in [0.15, 0.2) is 27.6 Å². The minimum Gasteiger partial charge on any atom is -0.507 e. The molecule has 2 N–H and O–H groups in total. The van der Waals surface area contributed by atoms with Gasteiger partial charge in [-0.05, 0) is 24.3 Å². The third-order valence-corrected chi connectivity index (χ3v) is 4.04. The maximum absolute atomic E-state index is 9.68. The van der Waals surface area contributed by atoms with Crippen molar-refractivity contribution in [3.63, 3.8) is 0 Å². The van der Waals surface area contributed by atoms with Crippen LogP contribution in [0.4, 0.5) is 0 Å². The highest BCUT2D eigenvalue weighted by molar-refractivity contribution is 9.10. The fourth-order valence-corrected chi connectivity index (χ4v) is 3.05. The van der Waals surface area contributed by atoms with Gasteiger partial charge in [-0.25, -0.2) is 0 Å². The van der Waals surface area contributed by atoms with Crippen molar-refractivity contribution in [1.29, 1.82) is 0 Å². The minimum atomic E-state index is 0.219. The number of hydrogen-bond donors (Lipinski definition) is 2. The Hall–Kier alpha value is -0.430. The van der Waals surface area contributed by atoms with E-state index in [9.17, 15) is 5.11 Å². The number of phenols is 1. The highest BCUT2D eigenvalue weighted by Crippen LogP contribution is 2.30. The summed E-state index contributed by atoms with van der Waals surface area (Å²) in [6.07, 6.45) is 1.82. The smallest absolute Gasteiger partial charge is 0.143 e. The summed E-state index contributed by atoms with van der Waals surface area (Å²) in [7, 11) is 0. The summed E-state index contributed by atoms with van der Waals surface area (Å²) >= 11 is 14.9. The zero-order chi connectivity index (χ0) is 11.7. The third kappa shape index (κ3) is 2.63. The normalized spacial score (nSPS) is 17.9. The second kappa shape index (κ2) is 4.83. The van der Waals surface area contributed by atoms with E-state index in [0.29, 0.717) is 14.9 Å². The van der Waals surface area contributed by atoms with Gasteiger partial charge in [0.25, 0.3) is 0 Å². The number of thiocarbonyl (C=S) groups is 2. The van der Waals surface area contributed by atoms with E-state index in [-0.39, 0.29) is 5.75 Å². The molecular formula is C10H6BrNOS3. The van der Waals surface area contributed by atoms with Gasteiger partial charge in [-0.2, -0.15) is 0 Å². The third-order valence-electron chi connectivity index (χ3n) is 1.92. The van der Waals surface area contributed by atoms with E-state index < -0.39 is 0 Å². The van der Waals surface area contributed by atoms with Crippen molar-refractivity contribution in [2.45, 2.75) is 0 Å². The van der Waals surface area contributed by atoms with Crippen LogP contribution in [0.3, 0.4) is 0 Å². The van der Waals surface area contributed by atoms with Gasteiger partial charge in [0.2, 0.25) is 0 Å². The van der Waals surface area contributed by atoms with Crippen LogP contribution in [0, 0.1) is 0 Å². The molecule has 1 aliphatic rings. The quantitative estimate of drug-likeness (QED) is 0.608. The van der Waals surface area contributed by atoms with E-state index >= 15 is 0 Å². The number of aromatic hydroxyl groups is 1. The molecule has 0 aliphatic carbocycles. The highest BCUT2D eigenvalue weighted by Gasteiger charge is 2.18. The molecule has 0 atom stereocenters. The van der Waals surface area contributed by atoms with Crippen molar-refractivity contribution in [3.8, 4) is 5.75 Å².